The van der Waals surface area contributed by atoms with Crippen LogP contribution in [0.3, 0.4) is 0 Å². The fourth-order valence-corrected chi connectivity index (χ4v) is 4.92. The number of fused-ring (bicyclic) bond motifs is 1. The van der Waals surface area contributed by atoms with Crippen LogP contribution in [-0.4, -0.2) is 53.6 Å². The average Bonchev–Trinajstić information content (AvgIpc) is 3.17. The zero-order chi connectivity index (χ0) is 20.2. The lowest BCUT2D eigenvalue weighted by Crippen LogP contribution is -2.50. The van der Waals surface area contributed by atoms with E-state index in [0.29, 0.717) is 18.1 Å². The maximum atomic E-state index is 12.9. The average molecular weight is 399 g/mol. The molecule has 4 rings (SSSR count). The number of hydrogen-bond acceptors (Lipinski definition) is 5. The molecule has 2 fully saturated rings. The molecule has 2 aliphatic rings. The van der Waals surface area contributed by atoms with Gasteiger partial charge in [-0.3, -0.25) is 9.69 Å². The van der Waals surface area contributed by atoms with Crippen LogP contribution in [0.15, 0.2) is 28.7 Å². The molecule has 158 valence electrons. The SMILES string of the molecule is CC1CCCC(C)N1CCCNC(=O)C1CCCCN1c1nc2ccccc2o1. The van der Waals surface area contributed by atoms with E-state index in [-0.39, 0.29) is 11.9 Å². The molecule has 29 heavy (non-hydrogen) atoms. The Hall–Kier alpha value is -2.08. The first-order chi connectivity index (χ1) is 14.1. The second-order valence-electron chi connectivity index (χ2n) is 8.68. The van der Waals surface area contributed by atoms with Crippen molar-refractivity contribution in [1.82, 2.24) is 15.2 Å². The van der Waals surface area contributed by atoms with E-state index in [4.69, 9.17) is 4.42 Å². The monoisotopic (exact) mass is 398 g/mol. The van der Waals surface area contributed by atoms with Crippen LogP contribution >= 0.6 is 0 Å². The highest BCUT2D eigenvalue weighted by Crippen LogP contribution is 2.28. The van der Waals surface area contributed by atoms with Gasteiger partial charge in [0.05, 0.1) is 0 Å². The summed E-state index contributed by atoms with van der Waals surface area (Å²) in [7, 11) is 0. The van der Waals surface area contributed by atoms with Crippen LogP contribution < -0.4 is 10.2 Å². The molecular weight excluding hydrogens is 364 g/mol. The third kappa shape index (κ3) is 4.58. The molecule has 3 atom stereocenters. The van der Waals surface area contributed by atoms with E-state index < -0.39 is 0 Å². The van der Waals surface area contributed by atoms with Crippen molar-refractivity contribution >= 4 is 23.0 Å². The number of rotatable bonds is 6. The summed E-state index contributed by atoms with van der Waals surface area (Å²) in [6.45, 7) is 7.26. The van der Waals surface area contributed by atoms with Gasteiger partial charge >= 0.3 is 0 Å². The summed E-state index contributed by atoms with van der Waals surface area (Å²) in [5, 5.41) is 3.18. The lowest BCUT2D eigenvalue weighted by atomic mass is 9.97. The molecule has 1 N–H and O–H groups in total. The van der Waals surface area contributed by atoms with Crippen LogP contribution in [0, 0.1) is 0 Å². The van der Waals surface area contributed by atoms with Gasteiger partial charge in [0.25, 0.3) is 6.01 Å². The Labute approximate surface area is 173 Å². The molecule has 6 heteroatoms. The molecule has 1 amide bonds. The molecule has 2 aliphatic heterocycles. The maximum absolute atomic E-state index is 12.9. The number of oxazole rings is 1. The molecule has 0 spiro atoms. The standard InChI is InChI=1S/C23H34N4O2/c1-17-9-7-10-18(2)26(17)16-8-14-24-22(28)20-12-5-6-15-27(20)23-25-19-11-3-4-13-21(19)29-23/h3-4,11,13,17-18,20H,5-10,12,14-16H2,1-2H3,(H,24,28). The molecule has 2 aromatic rings. The van der Waals surface area contributed by atoms with Gasteiger partial charge in [-0.2, -0.15) is 4.98 Å². The number of carbonyl (C=O) groups excluding carboxylic acids is 1. The first kappa shape index (κ1) is 20.2. The Morgan fingerprint density at radius 2 is 1.93 bits per heavy atom. The third-order valence-corrected chi connectivity index (χ3v) is 6.60. The largest absolute Gasteiger partial charge is 0.423 e. The Morgan fingerprint density at radius 1 is 1.14 bits per heavy atom. The van der Waals surface area contributed by atoms with Gasteiger partial charge in [0.2, 0.25) is 5.91 Å². The summed E-state index contributed by atoms with van der Waals surface area (Å²) in [5.74, 6) is 0.103. The number of nitrogens with one attached hydrogen (secondary N) is 1. The topological polar surface area (TPSA) is 61.6 Å². The van der Waals surface area contributed by atoms with Crippen LogP contribution in [0.4, 0.5) is 6.01 Å². The van der Waals surface area contributed by atoms with Gasteiger partial charge in [0.15, 0.2) is 5.58 Å². The fraction of sp³-hybridized carbons (Fsp3) is 0.652. The van der Waals surface area contributed by atoms with Crippen molar-refractivity contribution < 1.29 is 9.21 Å². The summed E-state index contributed by atoms with van der Waals surface area (Å²) in [6.07, 6.45) is 7.89. The molecule has 0 radical (unpaired) electrons. The van der Waals surface area contributed by atoms with Gasteiger partial charge in [-0.25, -0.2) is 0 Å². The Morgan fingerprint density at radius 3 is 2.72 bits per heavy atom. The number of hydrogen-bond donors (Lipinski definition) is 1. The van der Waals surface area contributed by atoms with E-state index in [1.807, 2.05) is 29.2 Å². The molecule has 0 aliphatic carbocycles. The van der Waals surface area contributed by atoms with Crippen molar-refractivity contribution in [2.45, 2.75) is 76.9 Å². The fourth-order valence-electron chi connectivity index (χ4n) is 4.92. The van der Waals surface area contributed by atoms with Crippen molar-refractivity contribution in [2.24, 2.45) is 0 Å². The highest BCUT2D eigenvalue weighted by atomic mass is 16.4. The lowest BCUT2D eigenvalue weighted by molar-refractivity contribution is -0.122. The maximum Gasteiger partial charge on any atom is 0.299 e. The minimum absolute atomic E-state index is 0.103. The van der Waals surface area contributed by atoms with Crippen molar-refractivity contribution in [3.05, 3.63) is 24.3 Å². The first-order valence-electron chi connectivity index (χ1n) is 11.3. The second-order valence-corrected chi connectivity index (χ2v) is 8.68. The number of piperidine rings is 2. The van der Waals surface area contributed by atoms with E-state index in [0.717, 1.165) is 56.4 Å². The lowest BCUT2D eigenvalue weighted by Gasteiger charge is -2.39. The van der Waals surface area contributed by atoms with Gasteiger partial charge in [0.1, 0.15) is 11.6 Å². The van der Waals surface area contributed by atoms with E-state index in [1.54, 1.807) is 0 Å². The number of para-hydroxylation sites is 2. The van der Waals surface area contributed by atoms with Crippen LogP contribution in [0.2, 0.25) is 0 Å². The third-order valence-electron chi connectivity index (χ3n) is 6.60. The van der Waals surface area contributed by atoms with Crippen molar-refractivity contribution in [2.75, 3.05) is 24.5 Å². The molecule has 1 aromatic heterocycles. The van der Waals surface area contributed by atoms with Crippen molar-refractivity contribution in [1.29, 1.82) is 0 Å². The summed E-state index contributed by atoms with van der Waals surface area (Å²) < 4.78 is 5.94. The molecule has 3 heterocycles. The minimum atomic E-state index is -0.190. The molecule has 0 saturated carbocycles. The van der Waals surface area contributed by atoms with Crippen LogP contribution in [0.1, 0.15) is 58.8 Å². The first-order valence-corrected chi connectivity index (χ1v) is 11.3. The van der Waals surface area contributed by atoms with Crippen molar-refractivity contribution in [3.8, 4) is 0 Å². The minimum Gasteiger partial charge on any atom is -0.423 e. The van der Waals surface area contributed by atoms with Gasteiger partial charge in [0, 0.05) is 31.7 Å². The summed E-state index contributed by atoms with van der Waals surface area (Å²) in [4.78, 5) is 22.2. The molecule has 3 unspecified atom stereocenters. The van der Waals surface area contributed by atoms with E-state index in [2.05, 4.69) is 29.0 Å². The zero-order valence-corrected chi connectivity index (χ0v) is 17.8. The number of benzene rings is 1. The smallest absolute Gasteiger partial charge is 0.299 e. The van der Waals surface area contributed by atoms with Gasteiger partial charge < -0.3 is 14.6 Å². The summed E-state index contributed by atoms with van der Waals surface area (Å²) >= 11 is 0. The number of likely N-dealkylation sites (tertiary alicyclic amines) is 1. The quantitative estimate of drug-likeness (QED) is 0.747. The molecule has 1 aromatic carbocycles. The van der Waals surface area contributed by atoms with Crippen LogP contribution in [-0.2, 0) is 4.79 Å². The predicted octanol–water partition coefficient (Wildman–Crippen LogP) is 3.96. The number of nitrogens with zero attached hydrogens (tertiary/aromatic N) is 3. The van der Waals surface area contributed by atoms with E-state index in [1.165, 1.54) is 19.3 Å². The summed E-state index contributed by atoms with van der Waals surface area (Å²) in [5.41, 5.74) is 1.62. The highest BCUT2D eigenvalue weighted by molar-refractivity contribution is 5.85. The second kappa shape index (κ2) is 9.16. The van der Waals surface area contributed by atoms with E-state index >= 15 is 0 Å². The summed E-state index contributed by atoms with van der Waals surface area (Å²) in [6, 6.07) is 9.47. The number of carbonyl (C=O) groups is 1. The molecule has 6 nitrogen and oxygen atoms in total. The van der Waals surface area contributed by atoms with Gasteiger partial charge in [-0.15, -0.1) is 0 Å². The molecule has 0 bridgehead atoms. The number of amides is 1. The number of anilines is 1. The Kier molecular flexibility index (Phi) is 6.38. The Balaban J connectivity index is 1.33. The predicted molar refractivity (Wildman–Crippen MR) is 116 cm³/mol. The van der Waals surface area contributed by atoms with Gasteiger partial charge in [-0.05, 0) is 64.5 Å². The molecule has 2 saturated heterocycles. The van der Waals surface area contributed by atoms with Crippen LogP contribution in [0.5, 0.6) is 0 Å². The Bertz CT molecular complexity index is 777. The normalized spacial score (nSPS) is 26.0. The van der Waals surface area contributed by atoms with Crippen molar-refractivity contribution in [3.63, 3.8) is 0 Å². The highest BCUT2D eigenvalue weighted by Gasteiger charge is 2.32. The van der Waals surface area contributed by atoms with E-state index in [9.17, 15) is 4.79 Å². The van der Waals surface area contributed by atoms with Crippen LogP contribution in [0.25, 0.3) is 11.1 Å². The molecular formula is C23H34N4O2. The number of aromatic nitrogens is 1. The van der Waals surface area contributed by atoms with Gasteiger partial charge in [-0.1, -0.05) is 18.6 Å². The zero-order valence-electron chi connectivity index (χ0n) is 17.8.